The third kappa shape index (κ3) is 3.97. The highest BCUT2D eigenvalue weighted by Crippen LogP contribution is 2.47. The quantitative estimate of drug-likeness (QED) is 0.766. The predicted molar refractivity (Wildman–Crippen MR) is 113 cm³/mol. The van der Waals surface area contributed by atoms with Gasteiger partial charge in [0.25, 0.3) is 5.91 Å². The summed E-state index contributed by atoms with van der Waals surface area (Å²) in [5.41, 5.74) is 6.14. The molecule has 0 aliphatic carbocycles. The van der Waals surface area contributed by atoms with Gasteiger partial charge in [0, 0.05) is 29.1 Å². The molecule has 2 aromatic rings. The summed E-state index contributed by atoms with van der Waals surface area (Å²) in [5.74, 6) is 0.0125. The topological polar surface area (TPSA) is 89.6 Å². The van der Waals surface area contributed by atoms with Crippen molar-refractivity contribution < 1.29 is 13.9 Å². The second-order valence-corrected chi connectivity index (χ2v) is 8.73. The van der Waals surface area contributed by atoms with Crippen LogP contribution >= 0.6 is 23.4 Å². The van der Waals surface area contributed by atoms with E-state index >= 15 is 0 Å². The molecule has 1 aromatic heterocycles. The molecular formula is C20H20ClFN4O2S. The fourth-order valence-corrected chi connectivity index (χ4v) is 4.92. The van der Waals surface area contributed by atoms with Crippen molar-refractivity contribution >= 4 is 40.1 Å². The third-order valence-electron chi connectivity index (χ3n) is 5.27. The van der Waals surface area contributed by atoms with Crippen LogP contribution in [0.4, 0.5) is 10.1 Å². The predicted octanol–water partition coefficient (Wildman–Crippen LogP) is 3.81. The first kappa shape index (κ1) is 20.1. The third-order valence-corrected chi connectivity index (χ3v) is 6.45. The fraction of sp³-hybridized carbons (Fsp3) is 0.350. The molecule has 0 radical (unpaired) electrons. The lowest BCUT2D eigenvalue weighted by Crippen LogP contribution is -2.50. The maximum atomic E-state index is 14.9. The summed E-state index contributed by atoms with van der Waals surface area (Å²) in [6.45, 7) is 2.25. The molecule has 2 aliphatic rings. The van der Waals surface area contributed by atoms with Crippen LogP contribution in [0, 0.1) is 11.7 Å². The first-order valence-electron chi connectivity index (χ1n) is 9.20. The van der Waals surface area contributed by atoms with Crippen LogP contribution in [0.15, 0.2) is 41.5 Å². The number of benzene rings is 1. The Morgan fingerprint density at radius 2 is 2.24 bits per heavy atom. The molecule has 29 heavy (non-hydrogen) atoms. The first-order valence-corrected chi connectivity index (χ1v) is 10.6. The standard InChI is InChI=1S/C20H20ClFN4O2S/c1-11-6-12-9-29-19(23)26-20(12,10-28-11)15-7-14(3-4-16(15)22)25-18(27)17-5-2-13(21)8-24-17/h2-5,7-8,11-12H,6,9-10H2,1H3,(H2,23,26)(H,25,27)/t11-,12?,20-/m0/s1. The minimum Gasteiger partial charge on any atom is -0.379 e. The Morgan fingerprint density at radius 1 is 1.41 bits per heavy atom. The van der Waals surface area contributed by atoms with Crippen LogP contribution in [0.2, 0.25) is 5.02 Å². The zero-order valence-corrected chi connectivity index (χ0v) is 17.3. The fourth-order valence-electron chi connectivity index (χ4n) is 3.79. The maximum absolute atomic E-state index is 14.9. The Morgan fingerprint density at radius 3 is 3.00 bits per heavy atom. The number of anilines is 1. The Labute approximate surface area is 177 Å². The number of nitrogens with two attached hydrogens (primary N) is 1. The number of carbonyl (C=O) groups excluding carboxylic acids is 1. The number of fused-ring (bicyclic) bond motifs is 1. The van der Waals surface area contributed by atoms with Gasteiger partial charge in [0.1, 0.15) is 17.1 Å². The summed E-state index contributed by atoms with van der Waals surface area (Å²) in [4.78, 5) is 21.1. The molecule has 1 saturated heterocycles. The zero-order chi connectivity index (χ0) is 20.6. The molecule has 0 spiro atoms. The second-order valence-electron chi connectivity index (χ2n) is 7.25. The monoisotopic (exact) mass is 434 g/mol. The van der Waals surface area contributed by atoms with Crippen molar-refractivity contribution in [1.29, 1.82) is 0 Å². The number of rotatable bonds is 3. The Balaban J connectivity index is 1.68. The highest BCUT2D eigenvalue weighted by molar-refractivity contribution is 8.13. The van der Waals surface area contributed by atoms with Crippen LogP contribution in [0.5, 0.6) is 0 Å². The molecule has 9 heteroatoms. The minimum atomic E-state index is -0.898. The van der Waals surface area contributed by atoms with E-state index in [4.69, 9.17) is 22.1 Å². The van der Waals surface area contributed by atoms with Crippen molar-refractivity contribution in [1.82, 2.24) is 4.98 Å². The van der Waals surface area contributed by atoms with Gasteiger partial charge in [0.2, 0.25) is 0 Å². The highest BCUT2D eigenvalue weighted by atomic mass is 35.5. The number of nitrogens with one attached hydrogen (secondary N) is 1. The Kier molecular flexibility index (Phi) is 5.50. The van der Waals surface area contributed by atoms with Gasteiger partial charge in [0.05, 0.1) is 17.7 Å². The van der Waals surface area contributed by atoms with Gasteiger partial charge in [-0.05, 0) is 43.7 Å². The summed E-state index contributed by atoms with van der Waals surface area (Å²) in [6.07, 6.45) is 2.23. The van der Waals surface area contributed by atoms with Crippen LogP contribution in [-0.4, -0.2) is 34.5 Å². The number of aliphatic imine (C=N–C) groups is 1. The molecular weight excluding hydrogens is 415 g/mol. The average molecular weight is 435 g/mol. The van der Waals surface area contributed by atoms with Crippen molar-refractivity contribution in [3.63, 3.8) is 0 Å². The van der Waals surface area contributed by atoms with E-state index in [2.05, 4.69) is 15.3 Å². The Hall–Kier alpha value is -2.16. The van der Waals surface area contributed by atoms with Crippen molar-refractivity contribution in [3.8, 4) is 0 Å². The molecule has 2 aliphatic heterocycles. The summed E-state index contributed by atoms with van der Waals surface area (Å²) >= 11 is 7.29. The number of amidine groups is 1. The van der Waals surface area contributed by atoms with E-state index in [-0.39, 0.29) is 24.3 Å². The van der Waals surface area contributed by atoms with Crippen molar-refractivity contribution in [3.05, 3.63) is 58.6 Å². The molecule has 1 amide bonds. The molecule has 6 nitrogen and oxygen atoms in total. The summed E-state index contributed by atoms with van der Waals surface area (Å²) in [7, 11) is 0. The van der Waals surface area contributed by atoms with Gasteiger partial charge in [-0.1, -0.05) is 23.4 Å². The molecule has 4 rings (SSSR count). The first-order chi connectivity index (χ1) is 13.9. The molecule has 1 aromatic carbocycles. The van der Waals surface area contributed by atoms with Gasteiger partial charge in [-0.3, -0.25) is 4.79 Å². The number of hydrogen-bond acceptors (Lipinski definition) is 6. The molecule has 152 valence electrons. The average Bonchev–Trinajstić information content (AvgIpc) is 2.70. The molecule has 1 fully saturated rings. The second kappa shape index (κ2) is 7.93. The van der Waals surface area contributed by atoms with Crippen molar-refractivity contribution in [2.24, 2.45) is 16.6 Å². The number of amides is 1. The van der Waals surface area contributed by atoms with Crippen LogP contribution in [0.25, 0.3) is 0 Å². The number of halogens is 2. The number of carbonyl (C=O) groups is 1. The number of hydrogen-bond donors (Lipinski definition) is 2. The van der Waals surface area contributed by atoms with E-state index in [1.807, 2.05) is 6.92 Å². The summed E-state index contributed by atoms with van der Waals surface area (Å²) in [5, 5.41) is 3.61. The van der Waals surface area contributed by atoms with Crippen molar-refractivity contribution in [2.45, 2.75) is 25.0 Å². The number of thioether (sulfide) groups is 1. The summed E-state index contributed by atoms with van der Waals surface area (Å²) < 4.78 is 20.8. The number of nitrogens with zero attached hydrogens (tertiary/aromatic N) is 2. The molecule has 3 atom stereocenters. The lowest BCUT2D eigenvalue weighted by molar-refractivity contribution is -0.0476. The van der Waals surface area contributed by atoms with E-state index in [1.165, 1.54) is 36.2 Å². The van der Waals surface area contributed by atoms with E-state index < -0.39 is 17.3 Å². The van der Waals surface area contributed by atoms with E-state index in [0.717, 1.165) is 12.2 Å². The Bertz CT molecular complexity index is 971. The van der Waals surface area contributed by atoms with Gasteiger partial charge in [0.15, 0.2) is 5.17 Å². The van der Waals surface area contributed by atoms with Gasteiger partial charge in [-0.25, -0.2) is 14.4 Å². The molecule has 0 saturated carbocycles. The van der Waals surface area contributed by atoms with E-state index in [0.29, 0.717) is 21.4 Å². The number of pyridine rings is 1. The van der Waals surface area contributed by atoms with Gasteiger partial charge < -0.3 is 15.8 Å². The number of ether oxygens (including phenoxy) is 1. The lowest BCUT2D eigenvalue weighted by atomic mass is 9.75. The van der Waals surface area contributed by atoms with Crippen molar-refractivity contribution in [2.75, 3.05) is 17.7 Å². The van der Waals surface area contributed by atoms with E-state index in [9.17, 15) is 9.18 Å². The zero-order valence-electron chi connectivity index (χ0n) is 15.7. The molecule has 3 N–H and O–H groups in total. The minimum absolute atomic E-state index is 0.0742. The van der Waals surface area contributed by atoms with Gasteiger partial charge in [-0.2, -0.15) is 0 Å². The SMILES string of the molecule is C[C@H]1CC2CSC(N)=N[C@@]2(c2cc(NC(=O)c3ccc(Cl)cn3)ccc2F)CO1. The molecule has 0 bridgehead atoms. The number of aromatic nitrogens is 1. The van der Waals surface area contributed by atoms with Crippen LogP contribution in [0.3, 0.4) is 0 Å². The normalized spacial score (nSPS) is 26.4. The van der Waals surface area contributed by atoms with Crippen LogP contribution in [0.1, 0.15) is 29.4 Å². The largest absolute Gasteiger partial charge is 0.379 e. The lowest BCUT2D eigenvalue weighted by Gasteiger charge is -2.45. The maximum Gasteiger partial charge on any atom is 0.274 e. The van der Waals surface area contributed by atoms with Crippen LogP contribution < -0.4 is 11.1 Å². The molecule has 3 heterocycles. The highest BCUT2D eigenvalue weighted by Gasteiger charge is 2.48. The van der Waals surface area contributed by atoms with Gasteiger partial charge in [-0.15, -0.1) is 0 Å². The molecule has 1 unspecified atom stereocenters. The summed E-state index contributed by atoms with van der Waals surface area (Å²) in [6, 6.07) is 7.56. The van der Waals surface area contributed by atoms with E-state index in [1.54, 1.807) is 12.1 Å². The van der Waals surface area contributed by atoms with Crippen LogP contribution in [-0.2, 0) is 10.3 Å². The van der Waals surface area contributed by atoms with Gasteiger partial charge >= 0.3 is 0 Å². The smallest absolute Gasteiger partial charge is 0.274 e.